The van der Waals surface area contributed by atoms with Crippen LogP contribution in [0.2, 0.25) is 0 Å². The smallest absolute Gasteiger partial charge is 0.00731 e. The fourth-order valence-electron chi connectivity index (χ4n) is 1.37. The third kappa shape index (κ3) is 4.86. The minimum Gasteiger partial charge on any atom is -0.0779 e. The van der Waals surface area contributed by atoms with Gasteiger partial charge in [0.05, 0.1) is 0 Å². The highest BCUT2D eigenvalue weighted by atomic mass is 14.0. The molecule has 0 spiro atoms. The molecule has 0 aliphatic heterocycles. The Morgan fingerprint density at radius 2 is 1.50 bits per heavy atom. The molecule has 1 rings (SSSR count). The van der Waals surface area contributed by atoms with E-state index in [2.05, 4.69) is 63.3 Å². The van der Waals surface area contributed by atoms with E-state index in [1.165, 1.54) is 5.57 Å². The van der Waals surface area contributed by atoms with Gasteiger partial charge in [-0.1, -0.05) is 69.4 Å². The predicted octanol–water partition coefficient (Wildman–Crippen LogP) is 4.52. The molecule has 0 amide bonds. The second-order valence-corrected chi connectivity index (χ2v) is 3.76. The number of hydrogen-bond acceptors (Lipinski definition) is 0. The van der Waals surface area contributed by atoms with Crippen LogP contribution in [-0.2, 0) is 0 Å². The molecule has 0 fully saturated rings. The molecule has 2 atom stereocenters. The van der Waals surface area contributed by atoms with Gasteiger partial charge in [0.25, 0.3) is 0 Å². The van der Waals surface area contributed by atoms with Gasteiger partial charge < -0.3 is 0 Å². The standard InChI is InChI=1S/C13H18.CH4/c1-11-6-4-5-7-12(2)10-13(3)9-8-11;/h4-12H,1-3H3;1H4/b6-4-,7-5-,9-8-,13-10-;. The van der Waals surface area contributed by atoms with Crippen molar-refractivity contribution in [2.24, 2.45) is 11.8 Å². The SMILES string of the molecule is C.CC1=C/C(C)/C=C\C=C/C(C)/C=C\1. The number of rotatable bonds is 0. The second-order valence-electron chi connectivity index (χ2n) is 3.76. The molecule has 0 bridgehead atoms. The zero-order valence-corrected chi connectivity index (χ0v) is 8.70. The summed E-state index contributed by atoms with van der Waals surface area (Å²) in [6.45, 7) is 6.55. The first-order valence-corrected chi connectivity index (χ1v) is 4.90. The first-order chi connectivity index (χ1) is 6.18. The van der Waals surface area contributed by atoms with Gasteiger partial charge in [0.15, 0.2) is 0 Å². The minimum absolute atomic E-state index is 0. The van der Waals surface area contributed by atoms with Gasteiger partial charge in [0, 0.05) is 0 Å². The van der Waals surface area contributed by atoms with E-state index in [1.54, 1.807) is 0 Å². The highest BCUT2D eigenvalue weighted by Crippen LogP contribution is 2.10. The number of allylic oxidation sites excluding steroid dienone is 8. The van der Waals surface area contributed by atoms with Crippen LogP contribution in [0.3, 0.4) is 0 Å². The Kier molecular flexibility index (Phi) is 5.94. The van der Waals surface area contributed by atoms with Crippen molar-refractivity contribution < 1.29 is 0 Å². The normalized spacial score (nSPS) is 37.2. The maximum atomic E-state index is 2.28. The molecule has 0 N–H and O–H groups in total. The Morgan fingerprint density at radius 3 is 2.14 bits per heavy atom. The Bertz CT molecular complexity index is 264. The summed E-state index contributed by atoms with van der Waals surface area (Å²) in [5, 5.41) is 0. The first kappa shape index (κ1) is 13.0. The van der Waals surface area contributed by atoms with E-state index in [-0.39, 0.29) is 7.43 Å². The molecule has 1 aliphatic rings. The molecule has 0 heteroatoms. The molecule has 1 aliphatic carbocycles. The number of hydrogen-bond donors (Lipinski definition) is 0. The van der Waals surface area contributed by atoms with Crippen molar-refractivity contribution in [2.75, 3.05) is 0 Å². The molecule has 78 valence electrons. The molecular weight excluding hydrogens is 168 g/mol. The van der Waals surface area contributed by atoms with Crippen molar-refractivity contribution in [3.63, 3.8) is 0 Å². The fourth-order valence-corrected chi connectivity index (χ4v) is 1.37. The average Bonchev–Trinajstić information content (AvgIpc) is 2.08. The molecule has 0 aromatic heterocycles. The van der Waals surface area contributed by atoms with Gasteiger partial charge in [-0.3, -0.25) is 0 Å². The lowest BCUT2D eigenvalue weighted by Crippen LogP contribution is -1.87. The minimum atomic E-state index is 0. The van der Waals surface area contributed by atoms with Gasteiger partial charge in [-0.2, -0.15) is 0 Å². The Hall–Kier alpha value is -1.04. The van der Waals surface area contributed by atoms with Crippen molar-refractivity contribution >= 4 is 0 Å². The third-order valence-electron chi connectivity index (χ3n) is 2.13. The lowest BCUT2D eigenvalue weighted by atomic mass is 10.0. The van der Waals surface area contributed by atoms with Crippen molar-refractivity contribution in [2.45, 2.75) is 28.2 Å². The Labute approximate surface area is 88.7 Å². The van der Waals surface area contributed by atoms with E-state index in [0.29, 0.717) is 11.8 Å². The zero-order valence-electron chi connectivity index (χ0n) is 8.70. The molecule has 14 heavy (non-hydrogen) atoms. The van der Waals surface area contributed by atoms with Crippen LogP contribution in [0.25, 0.3) is 0 Å². The van der Waals surface area contributed by atoms with Crippen molar-refractivity contribution in [3.05, 3.63) is 48.1 Å². The molecular formula is C14H22. The van der Waals surface area contributed by atoms with Crippen LogP contribution in [0.15, 0.2) is 48.1 Å². The van der Waals surface area contributed by atoms with E-state index in [4.69, 9.17) is 0 Å². The van der Waals surface area contributed by atoms with Crippen LogP contribution in [0, 0.1) is 11.8 Å². The summed E-state index contributed by atoms with van der Waals surface area (Å²) >= 11 is 0. The monoisotopic (exact) mass is 190 g/mol. The molecule has 0 nitrogen and oxygen atoms in total. The van der Waals surface area contributed by atoms with Crippen molar-refractivity contribution in [1.82, 2.24) is 0 Å². The molecule has 2 unspecified atom stereocenters. The van der Waals surface area contributed by atoms with Crippen LogP contribution in [0.5, 0.6) is 0 Å². The van der Waals surface area contributed by atoms with Crippen LogP contribution >= 0.6 is 0 Å². The molecule has 0 heterocycles. The predicted molar refractivity (Wildman–Crippen MR) is 66.2 cm³/mol. The topological polar surface area (TPSA) is 0 Å². The summed E-state index contributed by atoms with van der Waals surface area (Å²) < 4.78 is 0. The van der Waals surface area contributed by atoms with Crippen molar-refractivity contribution in [1.29, 1.82) is 0 Å². The Morgan fingerprint density at radius 1 is 0.929 bits per heavy atom. The molecule has 0 aromatic carbocycles. The molecule has 0 radical (unpaired) electrons. The summed E-state index contributed by atoms with van der Waals surface area (Å²) in [6.07, 6.45) is 15.4. The summed E-state index contributed by atoms with van der Waals surface area (Å²) in [5.74, 6) is 1.06. The maximum absolute atomic E-state index is 2.28. The van der Waals surface area contributed by atoms with Gasteiger partial charge in [-0.15, -0.1) is 0 Å². The Balaban J connectivity index is 0.00000169. The zero-order chi connectivity index (χ0) is 9.68. The van der Waals surface area contributed by atoms with Gasteiger partial charge in [0.1, 0.15) is 0 Å². The second kappa shape index (κ2) is 6.42. The first-order valence-electron chi connectivity index (χ1n) is 4.90. The summed E-state index contributed by atoms with van der Waals surface area (Å²) in [6, 6.07) is 0. The highest BCUT2D eigenvalue weighted by Gasteiger charge is 1.94. The van der Waals surface area contributed by atoms with E-state index < -0.39 is 0 Å². The highest BCUT2D eigenvalue weighted by molar-refractivity contribution is 5.22. The van der Waals surface area contributed by atoms with E-state index in [1.807, 2.05) is 0 Å². The van der Waals surface area contributed by atoms with Gasteiger partial charge >= 0.3 is 0 Å². The van der Waals surface area contributed by atoms with E-state index in [9.17, 15) is 0 Å². The largest absolute Gasteiger partial charge is 0.0779 e. The molecule has 0 saturated carbocycles. The summed E-state index contributed by atoms with van der Waals surface area (Å²) in [5.41, 5.74) is 1.35. The maximum Gasteiger partial charge on any atom is -0.00731 e. The van der Waals surface area contributed by atoms with E-state index in [0.717, 1.165) is 0 Å². The summed E-state index contributed by atoms with van der Waals surface area (Å²) in [4.78, 5) is 0. The van der Waals surface area contributed by atoms with Crippen LogP contribution < -0.4 is 0 Å². The van der Waals surface area contributed by atoms with E-state index >= 15 is 0 Å². The van der Waals surface area contributed by atoms with Crippen LogP contribution in [0.4, 0.5) is 0 Å². The lowest BCUT2D eigenvalue weighted by molar-refractivity contribution is 0.913. The summed E-state index contributed by atoms with van der Waals surface area (Å²) in [7, 11) is 0. The van der Waals surface area contributed by atoms with Crippen LogP contribution in [-0.4, -0.2) is 0 Å². The average molecular weight is 190 g/mol. The molecule has 0 saturated heterocycles. The van der Waals surface area contributed by atoms with Gasteiger partial charge in [0.2, 0.25) is 0 Å². The third-order valence-corrected chi connectivity index (χ3v) is 2.13. The van der Waals surface area contributed by atoms with Crippen LogP contribution in [0.1, 0.15) is 28.2 Å². The van der Waals surface area contributed by atoms with Crippen molar-refractivity contribution in [3.8, 4) is 0 Å². The quantitative estimate of drug-likeness (QED) is 0.526. The lowest BCUT2D eigenvalue weighted by Gasteiger charge is -2.03. The fraction of sp³-hybridized carbons (Fsp3) is 0.429. The van der Waals surface area contributed by atoms with Gasteiger partial charge in [-0.25, -0.2) is 0 Å². The van der Waals surface area contributed by atoms with Gasteiger partial charge in [-0.05, 0) is 18.8 Å². The molecule has 0 aromatic rings.